The Morgan fingerprint density at radius 1 is 1.09 bits per heavy atom. The van der Waals surface area contributed by atoms with E-state index in [9.17, 15) is 31.9 Å². The number of ether oxygens (including phenoxy) is 1. The van der Waals surface area contributed by atoms with Gasteiger partial charge in [0.1, 0.15) is 23.6 Å². The van der Waals surface area contributed by atoms with Crippen LogP contribution in [0.3, 0.4) is 0 Å². The zero-order chi connectivity index (χ0) is 33.2. The van der Waals surface area contributed by atoms with Crippen LogP contribution in [0.1, 0.15) is 51.6 Å². The summed E-state index contributed by atoms with van der Waals surface area (Å²) in [7, 11) is 1.77. The van der Waals surface area contributed by atoms with Crippen LogP contribution < -0.4 is 10.2 Å². The summed E-state index contributed by atoms with van der Waals surface area (Å²) in [6, 6.07) is 0.359. The summed E-state index contributed by atoms with van der Waals surface area (Å²) in [5, 5.41) is 20.8. The zero-order valence-electron chi connectivity index (χ0n) is 25.0. The van der Waals surface area contributed by atoms with Crippen LogP contribution >= 0.6 is 0 Å². The normalized spacial score (nSPS) is 17.3. The largest absolute Gasteiger partial charge is 0.446 e. The van der Waals surface area contributed by atoms with Crippen molar-refractivity contribution in [3.05, 3.63) is 48.8 Å². The number of carbonyl (C=O) groups is 1. The molecule has 46 heavy (non-hydrogen) atoms. The van der Waals surface area contributed by atoms with E-state index in [0.717, 1.165) is 17.8 Å². The molecule has 1 aliphatic rings. The molecule has 2 N–H and O–H groups in total. The number of nitrogens with zero attached hydrogens (tertiary/aromatic N) is 9. The molecule has 1 amide bonds. The van der Waals surface area contributed by atoms with E-state index in [0.29, 0.717) is 37.6 Å². The van der Waals surface area contributed by atoms with E-state index < -0.39 is 35.7 Å². The van der Waals surface area contributed by atoms with Gasteiger partial charge in [0, 0.05) is 43.3 Å². The topological polar surface area (TPSA) is 149 Å². The van der Waals surface area contributed by atoms with Gasteiger partial charge in [-0.1, -0.05) is 0 Å². The van der Waals surface area contributed by atoms with Gasteiger partial charge in [-0.2, -0.15) is 32.1 Å². The Hall–Kier alpha value is -4.74. The van der Waals surface area contributed by atoms with Gasteiger partial charge in [-0.3, -0.25) is 14.6 Å². The van der Waals surface area contributed by atoms with Crippen LogP contribution in [0.2, 0.25) is 0 Å². The van der Waals surface area contributed by atoms with E-state index in [1.165, 1.54) is 31.1 Å². The van der Waals surface area contributed by atoms with Crippen LogP contribution in [0.5, 0.6) is 0 Å². The molecule has 18 heteroatoms. The van der Waals surface area contributed by atoms with Crippen LogP contribution in [0.25, 0.3) is 22.6 Å². The summed E-state index contributed by atoms with van der Waals surface area (Å²) >= 11 is 0. The number of aliphatic hydroxyl groups is 1. The molecular weight excluding hydrogens is 619 g/mol. The highest BCUT2D eigenvalue weighted by Crippen LogP contribution is 2.36. The molecule has 13 nitrogen and oxygen atoms in total. The number of halogens is 5. The Kier molecular flexibility index (Phi) is 9.18. The van der Waals surface area contributed by atoms with Gasteiger partial charge in [-0.05, 0) is 45.6 Å². The van der Waals surface area contributed by atoms with Crippen molar-refractivity contribution in [3.8, 4) is 22.6 Å². The van der Waals surface area contributed by atoms with Crippen LogP contribution in [0, 0.1) is 0 Å². The van der Waals surface area contributed by atoms with E-state index in [4.69, 9.17) is 4.74 Å². The number of amides is 1. The Morgan fingerprint density at radius 3 is 2.39 bits per heavy atom. The Labute approximate surface area is 259 Å². The monoisotopic (exact) mass is 650 g/mol. The molecule has 0 saturated heterocycles. The van der Waals surface area contributed by atoms with E-state index in [-0.39, 0.29) is 40.8 Å². The summed E-state index contributed by atoms with van der Waals surface area (Å²) in [6.07, 6.45) is 4.05. The highest BCUT2D eigenvalue weighted by Gasteiger charge is 2.37. The second kappa shape index (κ2) is 12.9. The predicted molar refractivity (Wildman–Crippen MR) is 154 cm³/mol. The first-order valence-corrected chi connectivity index (χ1v) is 14.2. The number of anilines is 2. The van der Waals surface area contributed by atoms with Gasteiger partial charge in [-0.15, -0.1) is 0 Å². The summed E-state index contributed by atoms with van der Waals surface area (Å²) in [5.74, 6) is 0.111. The summed E-state index contributed by atoms with van der Waals surface area (Å²) in [6.45, 7) is -0.287. The Morgan fingerprint density at radius 2 is 1.83 bits per heavy atom. The van der Waals surface area contributed by atoms with Crippen molar-refractivity contribution in [1.29, 1.82) is 0 Å². The van der Waals surface area contributed by atoms with Gasteiger partial charge >= 0.3 is 18.8 Å². The highest BCUT2D eigenvalue weighted by atomic mass is 19.4. The predicted octanol–water partition coefficient (Wildman–Crippen LogP) is 5.08. The van der Waals surface area contributed by atoms with Crippen molar-refractivity contribution in [1.82, 2.24) is 39.5 Å². The number of hydrogen-bond acceptors (Lipinski definition) is 10. The number of alkyl halides is 5. The van der Waals surface area contributed by atoms with Crippen LogP contribution in [-0.2, 0) is 18.0 Å². The first-order valence-electron chi connectivity index (χ1n) is 14.2. The SMILES string of the molecule is Cn1cc(-c2cnc(N(C(=O)OCC(C)(C)O)C3CCC(Nc4ncc(C(F)(F)F)c(-c5ccn(C(F)F)n5)n4)CC3)cn2)cn1. The van der Waals surface area contributed by atoms with Crippen LogP contribution in [-0.4, -0.2) is 75.0 Å². The lowest BCUT2D eigenvalue weighted by atomic mass is 9.90. The molecule has 0 spiro atoms. The molecule has 1 saturated carbocycles. The van der Waals surface area contributed by atoms with Crippen LogP contribution in [0.15, 0.2) is 43.2 Å². The second-order valence-corrected chi connectivity index (χ2v) is 11.5. The quantitative estimate of drug-likeness (QED) is 0.235. The Bertz CT molecular complexity index is 1640. The maximum Gasteiger partial charge on any atom is 0.420 e. The highest BCUT2D eigenvalue weighted by molar-refractivity contribution is 5.87. The maximum atomic E-state index is 13.7. The first kappa shape index (κ1) is 32.6. The average molecular weight is 651 g/mol. The molecule has 1 fully saturated rings. The lowest BCUT2D eigenvalue weighted by Crippen LogP contribution is -2.46. The van der Waals surface area contributed by atoms with Gasteiger partial charge in [-0.25, -0.2) is 24.4 Å². The molecule has 5 rings (SSSR count). The minimum atomic E-state index is -4.84. The van der Waals surface area contributed by atoms with E-state index >= 15 is 0 Å². The minimum Gasteiger partial charge on any atom is -0.446 e. The van der Waals surface area contributed by atoms with Crippen molar-refractivity contribution in [2.75, 3.05) is 16.8 Å². The van der Waals surface area contributed by atoms with Crippen molar-refractivity contribution < 1.29 is 36.6 Å². The molecule has 246 valence electrons. The molecule has 4 heterocycles. The third-order valence-electron chi connectivity index (χ3n) is 7.17. The number of rotatable bonds is 9. The lowest BCUT2D eigenvalue weighted by Gasteiger charge is -2.36. The zero-order valence-corrected chi connectivity index (χ0v) is 25.0. The fourth-order valence-electron chi connectivity index (χ4n) is 4.97. The molecule has 1 aliphatic carbocycles. The van der Waals surface area contributed by atoms with Gasteiger partial charge < -0.3 is 15.2 Å². The number of hydrogen-bond donors (Lipinski definition) is 2. The second-order valence-electron chi connectivity index (χ2n) is 11.5. The Balaban J connectivity index is 1.32. The van der Waals surface area contributed by atoms with Crippen molar-refractivity contribution in [2.24, 2.45) is 7.05 Å². The van der Waals surface area contributed by atoms with E-state index in [2.05, 4.69) is 35.5 Å². The number of carbonyl (C=O) groups excluding carboxylic acids is 1. The van der Waals surface area contributed by atoms with Gasteiger partial charge in [0.05, 0.1) is 29.9 Å². The van der Waals surface area contributed by atoms with Crippen molar-refractivity contribution in [2.45, 2.75) is 69.9 Å². The third kappa shape index (κ3) is 7.72. The summed E-state index contributed by atoms with van der Waals surface area (Å²) in [5.41, 5.74) is -2.20. The standard InChI is InChI=1S/C28H31F5N10O3/c1-27(2,45)15-46-26(44)43(22-13-34-21(12-35-22)16-10-37-41(3)14-16)18-6-4-17(5-7-18)38-25-36-11-19(28(31,32)33)23(39-25)20-8-9-42(40-20)24(29)30/h8-14,17-18,24,45H,4-7,15H2,1-3H3,(H,36,38,39). The molecular formula is C28H31F5N10O3. The molecule has 4 aromatic rings. The first-order chi connectivity index (χ1) is 21.7. The molecule has 4 aromatic heterocycles. The average Bonchev–Trinajstić information content (AvgIpc) is 3.67. The molecule has 0 aliphatic heterocycles. The molecule has 0 unspecified atom stereocenters. The third-order valence-corrected chi connectivity index (χ3v) is 7.17. The van der Waals surface area contributed by atoms with Crippen molar-refractivity contribution >= 4 is 17.9 Å². The number of aromatic nitrogens is 8. The molecule has 0 bridgehead atoms. The molecule has 0 aromatic carbocycles. The van der Waals surface area contributed by atoms with E-state index in [1.54, 1.807) is 24.1 Å². The smallest absolute Gasteiger partial charge is 0.420 e. The number of aryl methyl sites for hydroxylation is 1. The van der Waals surface area contributed by atoms with Crippen LogP contribution in [0.4, 0.5) is 38.5 Å². The molecule has 0 radical (unpaired) electrons. The minimum absolute atomic E-state index is 0.128. The van der Waals surface area contributed by atoms with E-state index in [1.807, 2.05) is 0 Å². The summed E-state index contributed by atoms with van der Waals surface area (Å²) in [4.78, 5) is 31.4. The fourth-order valence-corrected chi connectivity index (χ4v) is 4.97. The fraction of sp³-hybridized carbons (Fsp3) is 0.464. The van der Waals surface area contributed by atoms with Gasteiger partial charge in [0.2, 0.25) is 5.95 Å². The van der Waals surface area contributed by atoms with Crippen molar-refractivity contribution in [3.63, 3.8) is 0 Å². The van der Waals surface area contributed by atoms with Gasteiger partial charge in [0.15, 0.2) is 5.82 Å². The van der Waals surface area contributed by atoms with Gasteiger partial charge in [0.25, 0.3) is 0 Å². The summed E-state index contributed by atoms with van der Waals surface area (Å²) < 4.78 is 74.4. The number of nitrogens with one attached hydrogen (secondary N) is 1. The molecule has 0 atom stereocenters. The lowest BCUT2D eigenvalue weighted by molar-refractivity contribution is -0.137. The maximum absolute atomic E-state index is 13.7.